The van der Waals surface area contributed by atoms with E-state index in [1.54, 1.807) is 22.4 Å². The summed E-state index contributed by atoms with van der Waals surface area (Å²) >= 11 is 0. The summed E-state index contributed by atoms with van der Waals surface area (Å²) in [5.74, 6) is 0.319. The Hall–Kier alpha value is -2.77. The number of hydrogen-bond acceptors (Lipinski definition) is 5. The molecule has 1 saturated heterocycles. The van der Waals surface area contributed by atoms with Crippen molar-refractivity contribution in [2.75, 3.05) is 18.0 Å². The predicted octanol–water partition coefficient (Wildman–Crippen LogP) is 1.58. The van der Waals surface area contributed by atoms with E-state index in [1.807, 2.05) is 17.0 Å². The van der Waals surface area contributed by atoms with Gasteiger partial charge in [-0.25, -0.2) is 24.1 Å². The Balaban J connectivity index is 1.51. The highest BCUT2D eigenvalue weighted by molar-refractivity contribution is 5.71. The zero-order valence-electron chi connectivity index (χ0n) is 14.0. The maximum atomic E-state index is 13.8. The molecule has 0 bridgehead atoms. The van der Waals surface area contributed by atoms with Crippen molar-refractivity contribution in [3.8, 4) is 0 Å². The summed E-state index contributed by atoms with van der Waals surface area (Å²) < 4.78 is 17.2. The Bertz CT molecular complexity index is 957. The van der Waals surface area contributed by atoms with E-state index in [-0.39, 0.29) is 5.69 Å². The van der Waals surface area contributed by atoms with Crippen LogP contribution >= 0.6 is 0 Å². The van der Waals surface area contributed by atoms with Gasteiger partial charge in [0.15, 0.2) is 17.3 Å². The maximum absolute atomic E-state index is 13.8. The van der Waals surface area contributed by atoms with Crippen LogP contribution < -0.4 is 10.6 Å². The van der Waals surface area contributed by atoms with Crippen molar-refractivity contribution in [1.29, 1.82) is 0 Å². The normalized spacial score (nSPS) is 15.8. The maximum Gasteiger partial charge on any atom is 0.330 e. The van der Waals surface area contributed by atoms with E-state index in [1.165, 1.54) is 12.5 Å². The van der Waals surface area contributed by atoms with E-state index in [2.05, 4.69) is 15.0 Å². The molecule has 0 amide bonds. The first-order valence-electron chi connectivity index (χ1n) is 8.36. The van der Waals surface area contributed by atoms with E-state index in [0.717, 1.165) is 24.0 Å². The van der Waals surface area contributed by atoms with Crippen LogP contribution in [0.2, 0.25) is 0 Å². The third-order valence-corrected chi connectivity index (χ3v) is 4.90. The van der Waals surface area contributed by atoms with Crippen molar-refractivity contribution in [1.82, 2.24) is 24.1 Å². The molecule has 0 N–H and O–H groups in total. The lowest BCUT2D eigenvalue weighted by Crippen LogP contribution is -2.37. The molecular formula is C17H19FN6O. The van der Waals surface area contributed by atoms with Crippen LogP contribution in [0.3, 0.4) is 0 Å². The number of pyridine rings is 1. The SMILES string of the molecule is Cn1c(=O)n(CC2CCN(c3ncncc3F)CC2)c2ncccc21. The molecule has 25 heavy (non-hydrogen) atoms. The minimum Gasteiger partial charge on any atom is -0.354 e. The molecule has 1 aliphatic rings. The largest absolute Gasteiger partial charge is 0.354 e. The van der Waals surface area contributed by atoms with E-state index in [9.17, 15) is 9.18 Å². The zero-order valence-corrected chi connectivity index (χ0v) is 14.0. The van der Waals surface area contributed by atoms with Crippen molar-refractivity contribution in [2.45, 2.75) is 19.4 Å². The first kappa shape index (κ1) is 15.7. The first-order chi connectivity index (χ1) is 12.1. The standard InChI is InChI=1S/C17H19FN6O/c1-22-14-3-2-6-20-16(14)24(17(22)25)10-12-4-7-23(8-5-12)15-13(18)9-19-11-21-15/h2-3,6,9,11-12H,4-5,7-8,10H2,1H3. The second kappa shape index (κ2) is 6.27. The summed E-state index contributed by atoms with van der Waals surface area (Å²) in [7, 11) is 1.77. The molecule has 1 aliphatic heterocycles. The van der Waals surface area contributed by atoms with E-state index in [0.29, 0.717) is 31.4 Å². The number of nitrogens with zero attached hydrogens (tertiary/aromatic N) is 6. The highest BCUT2D eigenvalue weighted by Gasteiger charge is 2.24. The number of piperidine rings is 1. The quantitative estimate of drug-likeness (QED) is 0.723. The monoisotopic (exact) mass is 342 g/mol. The average Bonchev–Trinajstić information content (AvgIpc) is 2.88. The van der Waals surface area contributed by atoms with Gasteiger partial charge in [-0.15, -0.1) is 0 Å². The van der Waals surface area contributed by atoms with E-state index in [4.69, 9.17) is 0 Å². The number of anilines is 1. The minimum atomic E-state index is -0.393. The molecule has 0 saturated carbocycles. The zero-order chi connectivity index (χ0) is 17.4. The van der Waals surface area contributed by atoms with E-state index < -0.39 is 5.82 Å². The molecule has 1 fully saturated rings. The molecule has 130 valence electrons. The van der Waals surface area contributed by atoms with Crippen LogP contribution in [-0.2, 0) is 13.6 Å². The number of fused-ring (bicyclic) bond motifs is 1. The second-order valence-electron chi connectivity index (χ2n) is 6.42. The van der Waals surface area contributed by atoms with Crippen LogP contribution in [0.4, 0.5) is 10.2 Å². The summed E-state index contributed by atoms with van der Waals surface area (Å²) in [5, 5.41) is 0. The highest BCUT2D eigenvalue weighted by Crippen LogP contribution is 2.24. The lowest BCUT2D eigenvalue weighted by Gasteiger charge is -2.32. The van der Waals surface area contributed by atoms with Crippen molar-refractivity contribution < 1.29 is 4.39 Å². The van der Waals surface area contributed by atoms with Gasteiger partial charge in [-0.1, -0.05) is 0 Å². The number of rotatable bonds is 3. The van der Waals surface area contributed by atoms with Crippen LogP contribution in [0.15, 0.2) is 35.6 Å². The molecule has 0 aromatic carbocycles. The fraction of sp³-hybridized carbons (Fsp3) is 0.412. The average molecular weight is 342 g/mol. The van der Waals surface area contributed by atoms with Crippen molar-refractivity contribution in [3.63, 3.8) is 0 Å². The van der Waals surface area contributed by atoms with Crippen molar-refractivity contribution >= 4 is 17.0 Å². The van der Waals surface area contributed by atoms with Gasteiger partial charge in [0.2, 0.25) is 0 Å². The smallest absolute Gasteiger partial charge is 0.330 e. The Morgan fingerprint density at radius 3 is 2.84 bits per heavy atom. The summed E-state index contributed by atoms with van der Waals surface area (Å²) in [4.78, 5) is 26.5. The van der Waals surface area contributed by atoms with Gasteiger partial charge in [0.25, 0.3) is 0 Å². The molecule has 7 nitrogen and oxygen atoms in total. The molecule has 0 radical (unpaired) electrons. The van der Waals surface area contributed by atoms with Crippen molar-refractivity contribution in [3.05, 3.63) is 47.2 Å². The lowest BCUT2D eigenvalue weighted by atomic mass is 9.96. The van der Waals surface area contributed by atoms with Crippen LogP contribution in [0.5, 0.6) is 0 Å². The van der Waals surface area contributed by atoms with Gasteiger partial charge >= 0.3 is 5.69 Å². The molecule has 4 heterocycles. The Morgan fingerprint density at radius 2 is 2.08 bits per heavy atom. The van der Waals surface area contributed by atoms with Crippen molar-refractivity contribution in [2.24, 2.45) is 13.0 Å². The molecule has 0 aliphatic carbocycles. The Labute approximate surface area is 143 Å². The molecule has 0 unspecified atom stereocenters. The highest BCUT2D eigenvalue weighted by atomic mass is 19.1. The first-order valence-corrected chi connectivity index (χ1v) is 8.36. The predicted molar refractivity (Wildman–Crippen MR) is 91.9 cm³/mol. The topological polar surface area (TPSA) is 68.8 Å². The number of hydrogen-bond donors (Lipinski definition) is 0. The fourth-order valence-corrected chi connectivity index (χ4v) is 3.52. The summed E-state index contributed by atoms with van der Waals surface area (Å²) in [6.07, 6.45) is 6.01. The molecule has 8 heteroatoms. The van der Waals surface area contributed by atoms with Gasteiger partial charge in [0, 0.05) is 32.9 Å². The number of aromatic nitrogens is 5. The van der Waals surface area contributed by atoms with Crippen LogP contribution in [-0.4, -0.2) is 37.2 Å². The Morgan fingerprint density at radius 1 is 1.28 bits per heavy atom. The lowest BCUT2D eigenvalue weighted by molar-refractivity contribution is 0.352. The van der Waals surface area contributed by atoms with Gasteiger partial charge < -0.3 is 4.90 Å². The summed E-state index contributed by atoms with van der Waals surface area (Å²) in [6, 6.07) is 3.74. The molecule has 3 aromatic rings. The Kier molecular flexibility index (Phi) is 3.95. The van der Waals surface area contributed by atoms with Crippen LogP contribution in [0.1, 0.15) is 12.8 Å². The molecule has 3 aromatic heterocycles. The molecule has 4 rings (SSSR count). The van der Waals surface area contributed by atoms with Gasteiger partial charge in [0.1, 0.15) is 6.33 Å². The molecule has 0 atom stereocenters. The summed E-state index contributed by atoms with van der Waals surface area (Å²) in [6.45, 7) is 2.06. The van der Waals surface area contributed by atoms with Crippen LogP contribution in [0, 0.1) is 11.7 Å². The number of aryl methyl sites for hydroxylation is 1. The third kappa shape index (κ3) is 2.77. The third-order valence-electron chi connectivity index (χ3n) is 4.90. The number of imidazole rings is 1. The van der Waals surface area contributed by atoms with Gasteiger partial charge in [0.05, 0.1) is 11.7 Å². The number of halogens is 1. The second-order valence-corrected chi connectivity index (χ2v) is 6.42. The van der Waals surface area contributed by atoms with Crippen LogP contribution in [0.25, 0.3) is 11.2 Å². The molecular weight excluding hydrogens is 323 g/mol. The molecule has 0 spiro atoms. The van der Waals surface area contributed by atoms with E-state index >= 15 is 0 Å². The summed E-state index contributed by atoms with van der Waals surface area (Å²) in [5.41, 5.74) is 1.52. The van der Waals surface area contributed by atoms with Gasteiger partial charge in [-0.2, -0.15) is 0 Å². The fourth-order valence-electron chi connectivity index (χ4n) is 3.52. The minimum absolute atomic E-state index is 0.0435. The van der Waals surface area contributed by atoms with Gasteiger partial charge in [-0.3, -0.25) is 9.13 Å². The van der Waals surface area contributed by atoms with Gasteiger partial charge in [-0.05, 0) is 30.9 Å².